The van der Waals surface area contributed by atoms with Crippen molar-refractivity contribution in [3.63, 3.8) is 0 Å². The number of hydrogen-bond donors (Lipinski definition) is 1. The van der Waals surface area contributed by atoms with E-state index in [2.05, 4.69) is 24.1 Å². The van der Waals surface area contributed by atoms with Crippen LogP contribution in [0, 0.1) is 22.0 Å². The molecule has 164 valence electrons. The second-order valence-electron chi connectivity index (χ2n) is 9.17. The Morgan fingerprint density at radius 1 is 1.13 bits per heavy atom. The number of nitro groups is 1. The fourth-order valence-electron chi connectivity index (χ4n) is 5.28. The van der Waals surface area contributed by atoms with E-state index in [1.54, 1.807) is 6.07 Å². The maximum Gasteiger partial charge on any atom is 0.278 e. The smallest absolute Gasteiger partial charge is 0.278 e. The first-order chi connectivity index (χ1) is 14.4. The molecule has 1 saturated carbocycles. The van der Waals surface area contributed by atoms with Gasteiger partial charge in [-0.25, -0.2) is 0 Å². The van der Waals surface area contributed by atoms with Crippen molar-refractivity contribution in [3.8, 4) is 11.5 Å². The first-order valence-corrected chi connectivity index (χ1v) is 11.0. The number of carbonyl (C=O) groups is 1. The Morgan fingerprint density at radius 3 is 2.40 bits per heavy atom. The van der Waals surface area contributed by atoms with Crippen LogP contribution in [0.2, 0.25) is 0 Å². The van der Waals surface area contributed by atoms with Gasteiger partial charge in [0.1, 0.15) is 6.04 Å². The van der Waals surface area contributed by atoms with Crippen LogP contribution in [0.15, 0.2) is 12.1 Å². The standard InChI is InChI=1S/C22H31N3O5/c1-14-8-15(2)12-24(11-14)21(22(26)23-16-6-4-3-5-7-16)17-9-19-20(30-13-29-19)10-18(17)25(27)28/h9-10,14-16,21H,3-8,11-13H2,1-2H3,(H,23,26)/t14-,15+,21-/m1/s1. The van der Waals surface area contributed by atoms with Crippen molar-refractivity contribution < 1.29 is 19.2 Å². The third kappa shape index (κ3) is 4.38. The molecule has 1 saturated heterocycles. The van der Waals surface area contributed by atoms with Crippen molar-refractivity contribution in [2.45, 2.75) is 64.5 Å². The second kappa shape index (κ2) is 8.79. The third-order valence-electron chi connectivity index (χ3n) is 6.48. The summed E-state index contributed by atoms with van der Waals surface area (Å²) >= 11 is 0. The summed E-state index contributed by atoms with van der Waals surface area (Å²) in [6.07, 6.45) is 6.44. The van der Waals surface area contributed by atoms with E-state index >= 15 is 0 Å². The van der Waals surface area contributed by atoms with Gasteiger partial charge < -0.3 is 14.8 Å². The molecule has 3 aliphatic rings. The molecule has 1 aliphatic carbocycles. The average Bonchev–Trinajstić information content (AvgIpc) is 3.15. The lowest BCUT2D eigenvalue weighted by molar-refractivity contribution is -0.386. The molecule has 0 spiro atoms. The van der Waals surface area contributed by atoms with Crippen molar-refractivity contribution in [2.75, 3.05) is 19.9 Å². The first kappa shape index (κ1) is 20.9. The highest BCUT2D eigenvalue weighted by Crippen LogP contribution is 2.42. The lowest BCUT2D eigenvalue weighted by atomic mass is 9.88. The van der Waals surface area contributed by atoms with Gasteiger partial charge in [-0.1, -0.05) is 33.1 Å². The van der Waals surface area contributed by atoms with Gasteiger partial charge >= 0.3 is 0 Å². The van der Waals surface area contributed by atoms with Crippen LogP contribution >= 0.6 is 0 Å². The Morgan fingerprint density at radius 2 is 1.77 bits per heavy atom. The van der Waals surface area contributed by atoms with Crippen molar-refractivity contribution in [3.05, 3.63) is 27.8 Å². The Balaban J connectivity index is 1.71. The summed E-state index contributed by atoms with van der Waals surface area (Å²) in [5.41, 5.74) is 0.299. The zero-order valence-corrected chi connectivity index (χ0v) is 17.8. The first-order valence-electron chi connectivity index (χ1n) is 11.0. The quantitative estimate of drug-likeness (QED) is 0.579. The molecule has 0 radical (unpaired) electrons. The highest BCUT2D eigenvalue weighted by Gasteiger charge is 2.39. The van der Waals surface area contributed by atoms with E-state index in [4.69, 9.17) is 9.47 Å². The number of hydrogen-bond acceptors (Lipinski definition) is 6. The maximum absolute atomic E-state index is 13.6. The zero-order valence-electron chi connectivity index (χ0n) is 17.8. The molecule has 3 atom stereocenters. The van der Waals surface area contributed by atoms with Crippen molar-refractivity contribution in [1.82, 2.24) is 10.2 Å². The monoisotopic (exact) mass is 417 g/mol. The highest BCUT2D eigenvalue weighted by atomic mass is 16.7. The Hall–Kier alpha value is -2.35. The van der Waals surface area contributed by atoms with E-state index in [1.165, 1.54) is 12.5 Å². The van der Waals surface area contributed by atoms with Crippen LogP contribution in [-0.4, -0.2) is 41.7 Å². The van der Waals surface area contributed by atoms with E-state index in [0.29, 0.717) is 28.9 Å². The number of likely N-dealkylation sites (tertiary alicyclic amines) is 1. The zero-order chi connectivity index (χ0) is 21.3. The molecular formula is C22H31N3O5. The van der Waals surface area contributed by atoms with Gasteiger partial charge in [-0.3, -0.25) is 19.8 Å². The molecule has 8 nitrogen and oxygen atoms in total. The molecule has 30 heavy (non-hydrogen) atoms. The van der Waals surface area contributed by atoms with Gasteiger partial charge in [0.15, 0.2) is 11.5 Å². The number of ether oxygens (including phenoxy) is 2. The fraction of sp³-hybridized carbons (Fsp3) is 0.682. The molecule has 2 fully saturated rings. The van der Waals surface area contributed by atoms with Gasteiger partial charge in [-0.2, -0.15) is 0 Å². The Bertz CT molecular complexity index is 798. The molecule has 2 heterocycles. The summed E-state index contributed by atoms with van der Waals surface area (Å²) < 4.78 is 10.8. The molecule has 2 aliphatic heterocycles. The minimum absolute atomic E-state index is 0.0344. The SMILES string of the molecule is C[C@@H]1C[C@H](C)CN([C@@H](C(=O)NC2CCCCC2)c2cc3c(cc2[N+](=O)[O-])OCO3)C1. The number of nitrogens with one attached hydrogen (secondary N) is 1. The van der Waals surface area contributed by atoms with Crippen molar-refractivity contribution in [2.24, 2.45) is 11.8 Å². The topological polar surface area (TPSA) is 93.9 Å². The summed E-state index contributed by atoms with van der Waals surface area (Å²) in [5.74, 6) is 1.52. The lowest BCUT2D eigenvalue weighted by Gasteiger charge is -2.40. The molecule has 8 heteroatoms. The van der Waals surface area contributed by atoms with Gasteiger partial charge in [0, 0.05) is 19.1 Å². The molecule has 0 aromatic heterocycles. The van der Waals surface area contributed by atoms with Gasteiger partial charge in [0.05, 0.1) is 16.6 Å². The van der Waals surface area contributed by atoms with E-state index < -0.39 is 11.0 Å². The van der Waals surface area contributed by atoms with Crippen LogP contribution in [0.5, 0.6) is 11.5 Å². The molecule has 1 amide bonds. The van der Waals surface area contributed by atoms with E-state index in [1.807, 2.05) is 0 Å². The van der Waals surface area contributed by atoms with Gasteiger partial charge in [0.2, 0.25) is 12.7 Å². The summed E-state index contributed by atoms with van der Waals surface area (Å²) in [5, 5.41) is 15.1. The van der Waals surface area contributed by atoms with Gasteiger partial charge in [-0.05, 0) is 37.2 Å². The number of amides is 1. The molecule has 1 N–H and O–H groups in total. The van der Waals surface area contributed by atoms with Crippen LogP contribution in [0.3, 0.4) is 0 Å². The number of carbonyl (C=O) groups excluding carboxylic acids is 1. The molecular weight excluding hydrogens is 386 g/mol. The van der Waals surface area contributed by atoms with Crippen LogP contribution in [0.25, 0.3) is 0 Å². The average molecular weight is 418 g/mol. The number of benzene rings is 1. The Kier molecular flexibility index (Phi) is 6.13. The second-order valence-corrected chi connectivity index (χ2v) is 9.17. The van der Waals surface area contributed by atoms with Crippen LogP contribution in [0.1, 0.15) is 64.0 Å². The molecule has 0 bridgehead atoms. The molecule has 1 aromatic carbocycles. The van der Waals surface area contributed by atoms with Crippen LogP contribution < -0.4 is 14.8 Å². The molecule has 0 unspecified atom stereocenters. The number of fused-ring (bicyclic) bond motifs is 1. The number of rotatable bonds is 5. The third-order valence-corrected chi connectivity index (χ3v) is 6.48. The van der Waals surface area contributed by atoms with E-state index in [-0.39, 0.29) is 24.4 Å². The van der Waals surface area contributed by atoms with E-state index in [9.17, 15) is 14.9 Å². The predicted octanol–water partition coefficient (Wildman–Crippen LogP) is 3.79. The lowest BCUT2D eigenvalue weighted by Crippen LogP contribution is -2.49. The number of piperidine rings is 1. The molecule has 4 rings (SSSR count). The number of nitrogens with zero attached hydrogens (tertiary/aromatic N) is 2. The predicted molar refractivity (Wildman–Crippen MR) is 111 cm³/mol. The van der Waals surface area contributed by atoms with Crippen molar-refractivity contribution >= 4 is 11.6 Å². The number of nitro benzene ring substituents is 1. The summed E-state index contributed by atoms with van der Waals surface area (Å²) in [6, 6.07) is 2.46. The minimum atomic E-state index is -0.716. The summed E-state index contributed by atoms with van der Waals surface area (Å²) in [4.78, 5) is 27.2. The van der Waals surface area contributed by atoms with E-state index in [0.717, 1.165) is 45.2 Å². The normalized spacial score (nSPS) is 25.7. The van der Waals surface area contributed by atoms with Crippen molar-refractivity contribution in [1.29, 1.82) is 0 Å². The van der Waals surface area contributed by atoms with Gasteiger partial charge in [-0.15, -0.1) is 0 Å². The highest BCUT2D eigenvalue weighted by molar-refractivity contribution is 5.85. The minimum Gasteiger partial charge on any atom is -0.454 e. The fourth-order valence-corrected chi connectivity index (χ4v) is 5.28. The molecule has 1 aromatic rings. The summed E-state index contributed by atoms with van der Waals surface area (Å²) in [6.45, 7) is 5.85. The largest absolute Gasteiger partial charge is 0.454 e. The van der Waals surface area contributed by atoms with Gasteiger partial charge in [0.25, 0.3) is 5.69 Å². The summed E-state index contributed by atoms with van der Waals surface area (Å²) in [7, 11) is 0. The van der Waals surface area contributed by atoms with Crippen LogP contribution in [0.4, 0.5) is 5.69 Å². The Labute approximate surface area is 177 Å². The maximum atomic E-state index is 13.6. The van der Waals surface area contributed by atoms with Crippen LogP contribution in [-0.2, 0) is 4.79 Å².